The largest absolute Gasteiger partial charge is 0.497 e. The monoisotopic (exact) mass is 399 g/mol. The number of methoxy groups -OCH3 is 1. The number of H-pyrrole nitrogens is 1. The molecule has 0 amide bonds. The van der Waals surface area contributed by atoms with Crippen molar-refractivity contribution < 1.29 is 9.84 Å². The molecule has 4 rings (SSSR count). The van der Waals surface area contributed by atoms with Crippen molar-refractivity contribution >= 4 is 22.3 Å². The minimum absolute atomic E-state index is 0.0882. The number of rotatable bonds is 6. The van der Waals surface area contributed by atoms with Gasteiger partial charge in [0.1, 0.15) is 5.75 Å². The predicted molar refractivity (Wildman–Crippen MR) is 122 cm³/mol. The lowest BCUT2D eigenvalue weighted by Crippen LogP contribution is -2.10. The average Bonchev–Trinajstić information content (AvgIpc) is 3.07. The van der Waals surface area contributed by atoms with Crippen molar-refractivity contribution in [2.24, 2.45) is 4.99 Å². The van der Waals surface area contributed by atoms with Crippen LogP contribution in [0.3, 0.4) is 0 Å². The lowest BCUT2D eigenvalue weighted by atomic mass is 10.0. The number of fused-ring (bicyclic) bond motifs is 1. The van der Waals surface area contributed by atoms with Gasteiger partial charge in [0.15, 0.2) is 5.88 Å². The minimum Gasteiger partial charge on any atom is -0.497 e. The molecule has 0 atom stereocenters. The van der Waals surface area contributed by atoms with Gasteiger partial charge in [-0.1, -0.05) is 42.5 Å². The normalized spacial score (nSPS) is 11.9. The zero-order valence-electron chi connectivity index (χ0n) is 17.4. The van der Waals surface area contributed by atoms with Crippen molar-refractivity contribution in [3.8, 4) is 11.6 Å². The van der Waals surface area contributed by atoms with E-state index in [4.69, 9.17) is 9.73 Å². The highest BCUT2D eigenvalue weighted by molar-refractivity contribution is 6.21. The molecule has 0 radical (unpaired) electrons. The Morgan fingerprint density at radius 3 is 2.53 bits per heavy atom. The zero-order chi connectivity index (χ0) is 21.1. The van der Waals surface area contributed by atoms with Gasteiger partial charge in [0.2, 0.25) is 0 Å². The molecule has 0 aliphatic carbocycles. The van der Waals surface area contributed by atoms with Crippen molar-refractivity contribution in [2.45, 2.75) is 6.54 Å². The van der Waals surface area contributed by atoms with E-state index in [0.717, 1.165) is 34.4 Å². The van der Waals surface area contributed by atoms with E-state index in [1.165, 1.54) is 5.56 Å². The number of ether oxygens (including phenoxy) is 1. The lowest BCUT2D eigenvalue weighted by Gasteiger charge is -2.11. The number of nitrogens with one attached hydrogen (secondary N) is 1. The minimum atomic E-state index is 0.0882. The molecule has 2 N–H and O–H groups in total. The second kappa shape index (κ2) is 8.43. The van der Waals surface area contributed by atoms with Gasteiger partial charge in [-0.05, 0) is 43.9 Å². The summed E-state index contributed by atoms with van der Waals surface area (Å²) in [5.41, 5.74) is 5.15. The molecular formula is C25H25N3O2. The van der Waals surface area contributed by atoms with Crippen molar-refractivity contribution in [2.75, 3.05) is 21.2 Å². The number of aromatic hydroxyl groups is 1. The van der Waals surface area contributed by atoms with Crippen molar-refractivity contribution in [3.63, 3.8) is 0 Å². The fourth-order valence-electron chi connectivity index (χ4n) is 3.61. The van der Waals surface area contributed by atoms with Crippen LogP contribution >= 0.6 is 0 Å². The Kier molecular flexibility index (Phi) is 5.55. The smallest absolute Gasteiger partial charge is 0.199 e. The molecule has 0 aliphatic rings. The number of hydrogen-bond acceptors (Lipinski definition) is 4. The van der Waals surface area contributed by atoms with Gasteiger partial charge in [0, 0.05) is 23.6 Å². The molecule has 0 saturated heterocycles. The van der Waals surface area contributed by atoms with Crippen molar-refractivity contribution in [1.82, 2.24) is 9.88 Å². The summed E-state index contributed by atoms with van der Waals surface area (Å²) in [5, 5.41) is 11.7. The standard InChI is InChI=1S/C25H25N3O2/c1-28(2)16-17-8-7-11-19(14-17)26-24(18-9-5-4-6-10-18)23-21-13-12-20(30-3)15-22(21)27-25(23)29/h4-15,27,29H,16H2,1-3H3. The molecule has 0 spiro atoms. The van der Waals surface area contributed by atoms with Crippen LogP contribution in [-0.4, -0.2) is 41.9 Å². The molecule has 5 heteroatoms. The van der Waals surface area contributed by atoms with E-state index in [1.807, 2.05) is 74.8 Å². The third-order valence-corrected chi connectivity index (χ3v) is 4.92. The molecule has 0 fully saturated rings. The first kappa shape index (κ1) is 19.7. The zero-order valence-corrected chi connectivity index (χ0v) is 17.4. The van der Waals surface area contributed by atoms with Crippen LogP contribution in [0.2, 0.25) is 0 Å². The summed E-state index contributed by atoms with van der Waals surface area (Å²) in [5.74, 6) is 0.815. The first-order valence-electron chi connectivity index (χ1n) is 9.82. The van der Waals surface area contributed by atoms with Crippen LogP contribution in [0, 0.1) is 0 Å². The molecule has 5 nitrogen and oxygen atoms in total. The Hall–Kier alpha value is -3.57. The third kappa shape index (κ3) is 4.07. The fourth-order valence-corrected chi connectivity index (χ4v) is 3.61. The topological polar surface area (TPSA) is 60.9 Å². The van der Waals surface area contributed by atoms with E-state index >= 15 is 0 Å². The van der Waals surface area contributed by atoms with Crippen LogP contribution in [0.4, 0.5) is 5.69 Å². The van der Waals surface area contributed by atoms with E-state index in [2.05, 4.69) is 22.0 Å². The maximum atomic E-state index is 10.8. The van der Waals surface area contributed by atoms with Crippen LogP contribution in [-0.2, 0) is 6.54 Å². The summed E-state index contributed by atoms with van der Waals surface area (Å²) >= 11 is 0. The van der Waals surface area contributed by atoms with Crippen LogP contribution in [0.25, 0.3) is 10.9 Å². The van der Waals surface area contributed by atoms with Gasteiger partial charge in [0.05, 0.1) is 29.6 Å². The average molecular weight is 399 g/mol. The van der Waals surface area contributed by atoms with E-state index in [0.29, 0.717) is 11.3 Å². The van der Waals surface area contributed by atoms with E-state index in [-0.39, 0.29) is 5.88 Å². The van der Waals surface area contributed by atoms with Gasteiger partial charge in [-0.2, -0.15) is 0 Å². The number of benzene rings is 3. The maximum Gasteiger partial charge on any atom is 0.199 e. The molecule has 4 aromatic rings. The third-order valence-electron chi connectivity index (χ3n) is 4.92. The number of aliphatic imine (C=N–C) groups is 1. The number of aromatic nitrogens is 1. The van der Waals surface area contributed by atoms with Gasteiger partial charge in [-0.15, -0.1) is 0 Å². The van der Waals surface area contributed by atoms with E-state index < -0.39 is 0 Å². The predicted octanol–water partition coefficient (Wildman–Crippen LogP) is 5.11. The lowest BCUT2D eigenvalue weighted by molar-refractivity contribution is 0.402. The Labute approximate surface area is 176 Å². The van der Waals surface area contributed by atoms with E-state index in [9.17, 15) is 5.11 Å². The Balaban J connectivity index is 1.90. The first-order chi connectivity index (χ1) is 14.5. The van der Waals surface area contributed by atoms with Gasteiger partial charge in [-0.25, -0.2) is 4.99 Å². The summed E-state index contributed by atoms with van der Waals surface area (Å²) in [6.45, 7) is 0.835. The molecule has 152 valence electrons. The van der Waals surface area contributed by atoms with Crippen LogP contribution in [0.1, 0.15) is 16.7 Å². The van der Waals surface area contributed by atoms with Crippen molar-refractivity contribution in [1.29, 1.82) is 0 Å². The van der Waals surface area contributed by atoms with Gasteiger partial charge in [-0.3, -0.25) is 0 Å². The molecule has 0 saturated carbocycles. The first-order valence-corrected chi connectivity index (χ1v) is 9.82. The fraction of sp³-hybridized carbons (Fsp3) is 0.160. The Bertz CT molecular complexity index is 1190. The van der Waals surface area contributed by atoms with Crippen molar-refractivity contribution in [3.05, 3.63) is 89.5 Å². The highest BCUT2D eigenvalue weighted by Gasteiger charge is 2.19. The summed E-state index contributed by atoms with van der Waals surface area (Å²) in [6.07, 6.45) is 0. The summed E-state index contributed by atoms with van der Waals surface area (Å²) in [7, 11) is 5.72. The SMILES string of the molecule is COc1ccc2c(C(=Nc3cccc(CN(C)C)c3)c3ccccc3)c(O)[nH]c2c1. The second-order valence-corrected chi connectivity index (χ2v) is 7.49. The highest BCUT2D eigenvalue weighted by Crippen LogP contribution is 2.33. The van der Waals surface area contributed by atoms with Crippen LogP contribution in [0.5, 0.6) is 11.6 Å². The molecule has 1 heterocycles. The molecule has 0 aliphatic heterocycles. The molecular weight excluding hydrogens is 374 g/mol. The van der Waals surface area contributed by atoms with Crippen LogP contribution < -0.4 is 4.74 Å². The highest BCUT2D eigenvalue weighted by atomic mass is 16.5. The van der Waals surface area contributed by atoms with E-state index in [1.54, 1.807) is 7.11 Å². The Morgan fingerprint density at radius 1 is 1.00 bits per heavy atom. The van der Waals surface area contributed by atoms with Gasteiger partial charge < -0.3 is 19.7 Å². The molecule has 0 unspecified atom stereocenters. The Morgan fingerprint density at radius 2 is 1.80 bits per heavy atom. The number of nitrogens with zero attached hydrogens (tertiary/aromatic N) is 2. The number of hydrogen-bond donors (Lipinski definition) is 2. The van der Waals surface area contributed by atoms with Gasteiger partial charge in [0.25, 0.3) is 0 Å². The quantitative estimate of drug-likeness (QED) is 0.443. The molecule has 30 heavy (non-hydrogen) atoms. The number of aromatic amines is 1. The summed E-state index contributed by atoms with van der Waals surface area (Å²) < 4.78 is 5.32. The van der Waals surface area contributed by atoms with Gasteiger partial charge >= 0.3 is 0 Å². The van der Waals surface area contributed by atoms with Crippen LogP contribution in [0.15, 0.2) is 77.8 Å². The molecule has 0 bridgehead atoms. The second-order valence-electron chi connectivity index (χ2n) is 7.49. The summed E-state index contributed by atoms with van der Waals surface area (Å²) in [4.78, 5) is 10.2. The maximum absolute atomic E-state index is 10.8. The molecule has 3 aromatic carbocycles. The molecule has 1 aromatic heterocycles. The summed E-state index contributed by atoms with van der Waals surface area (Å²) in [6, 6.07) is 23.8.